The van der Waals surface area contributed by atoms with Gasteiger partial charge in [0, 0.05) is 31.2 Å². The maximum Gasteiger partial charge on any atom is 0.319 e. The number of amides is 2. The molecule has 28 heavy (non-hydrogen) atoms. The van der Waals surface area contributed by atoms with E-state index in [1.807, 2.05) is 49.9 Å². The fourth-order valence-electron chi connectivity index (χ4n) is 3.04. The van der Waals surface area contributed by atoms with E-state index in [0.29, 0.717) is 6.54 Å². The first kappa shape index (κ1) is 21.8. The average molecular weight is 387 g/mol. The van der Waals surface area contributed by atoms with E-state index >= 15 is 0 Å². The Kier molecular flexibility index (Phi) is 10.6. The van der Waals surface area contributed by atoms with Crippen LogP contribution in [-0.2, 0) is 6.54 Å². The zero-order chi connectivity index (χ0) is 19.9. The van der Waals surface area contributed by atoms with E-state index in [-0.39, 0.29) is 6.03 Å². The Labute approximate surface area is 168 Å². The van der Waals surface area contributed by atoms with Crippen LogP contribution in [0.4, 0.5) is 10.5 Å². The van der Waals surface area contributed by atoms with Crippen LogP contribution in [0.2, 0.25) is 0 Å². The first-order valence-electron chi connectivity index (χ1n) is 10.5. The number of hydrogen-bond acceptors (Lipinski definition) is 3. The van der Waals surface area contributed by atoms with Crippen molar-refractivity contribution in [2.45, 2.75) is 64.8 Å². The van der Waals surface area contributed by atoms with Crippen LogP contribution < -0.4 is 15.4 Å². The minimum atomic E-state index is -0.186. The third kappa shape index (κ3) is 9.44. The largest absolute Gasteiger partial charge is 0.494 e. The van der Waals surface area contributed by atoms with Crippen molar-refractivity contribution in [3.05, 3.63) is 43.0 Å². The number of unbranched alkanes of at least 4 members (excludes halogenated alkanes) is 7. The van der Waals surface area contributed by atoms with Crippen molar-refractivity contribution in [3.8, 4) is 5.75 Å². The quantitative estimate of drug-likeness (QED) is 0.437. The molecule has 154 valence electrons. The Hall–Kier alpha value is -2.50. The summed E-state index contributed by atoms with van der Waals surface area (Å²) in [5.74, 6) is 0.847. The number of urea groups is 1. The molecule has 0 aliphatic rings. The summed E-state index contributed by atoms with van der Waals surface area (Å²) >= 11 is 0. The molecule has 0 fully saturated rings. The van der Waals surface area contributed by atoms with E-state index < -0.39 is 0 Å². The van der Waals surface area contributed by atoms with E-state index in [1.165, 1.54) is 44.9 Å². The lowest BCUT2D eigenvalue weighted by Crippen LogP contribution is -2.28. The number of carbonyl (C=O) groups excluding carboxylic acids is 1. The average Bonchev–Trinajstić information content (AvgIpc) is 3.21. The molecule has 0 saturated heterocycles. The van der Waals surface area contributed by atoms with Crippen molar-refractivity contribution in [1.82, 2.24) is 14.9 Å². The van der Waals surface area contributed by atoms with Gasteiger partial charge in [-0.25, -0.2) is 9.78 Å². The van der Waals surface area contributed by atoms with Gasteiger partial charge < -0.3 is 19.9 Å². The van der Waals surface area contributed by atoms with Gasteiger partial charge in [-0.3, -0.25) is 0 Å². The fourth-order valence-corrected chi connectivity index (χ4v) is 3.04. The van der Waals surface area contributed by atoms with Crippen molar-refractivity contribution >= 4 is 11.7 Å². The second-order valence-corrected chi connectivity index (χ2v) is 6.99. The summed E-state index contributed by atoms with van der Waals surface area (Å²) in [7, 11) is 0. The van der Waals surface area contributed by atoms with E-state index in [2.05, 4.69) is 20.2 Å². The van der Waals surface area contributed by atoms with Crippen LogP contribution in [0, 0.1) is 0 Å². The van der Waals surface area contributed by atoms with Gasteiger partial charge in [0.25, 0.3) is 0 Å². The van der Waals surface area contributed by atoms with Gasteiger partial charge in [0.05, 0.1) is 12.9 Å². The van der Waals surface area contributed by atoms with Gasteiger partial charge >= 0.3 is 6.03 Å². The molecule has 2 amide bonds. The maximum atomic E-state index is 11.5. The molecule has 0 saturated carbocycles. The van der Waals surface area contributed by atoms with Crippen LogP contribution in [0.1, 0.15) is 58.3 Å². The number of nitrogens with zero attached hydrogens (tertiary/aromatic N) is 2. The Bertz CT molecular complexity index is 641. The molecule has 2 aromatic rings. The second kappa shape index (κ2) is 13.6. The van der Waals surface area contributed by atoms with Gasteiger partial charge in [0.2, 0.25) is 0 Å². The van der Waals surface area contributed by atoms with Gasteiger partial charge in [-0.15, -0.1) is 0 Å². The molecule has 2 rings (SSSR count). The smallest absolute Gasteiger partial charge is 0.319 e. The molecule has 0 spiro atoms. The summed E-state index contributed by atoms with van der Waals surface area (Å²) in [6.07, 6.45) is 15.8. The summed E-state index contributed by atoms with van der Waals surface area (Å²) in [4.78, 5) is 15.5. The highest BCUT2D eigenvalue weighted by molar-refractivity contribution is 5.89. The van der Waals surface area contributed by atoms with E-state index in [9.17, 15) is 4.79 Å². The summed E-state index contributed by atoms with van der Waals surface area (Å²) < 4.78 is 7.92. The highest BCUT2D eigenvalue weighted by atomic mass is 16.5. The van der Waals surface area contributed by atoms with Crippen LogP contribution in [0.25, 0.3) is 0 Å². The predicted octanol–water partition coefficient (Wildman–Crippen LogP) is 5.22. The first-order valence-corrected chi connectivity index (χ1v) is 10.5. The third-order valence-electron chi connectivity index (χ3n) is 4.59. The van der Waals surface area contributed by atoms with Gasteiger partial charge in [-0.1, -0.05) is 38.5 Å². The number of imidazole rings is 1. The predicted molar refractivity (Wildman–Crippen MR) is 114 cm³/mol. The van der Waals surface area contributed by atoms with Crippen LogP contribution in [0.3, 0.4) is 0 Å². The van der Waals surface area contributed by atoms with Crippen molar-refractivity contribution < 1.29 is 9.53 Å². The third-order valence-corrected chi connectivity index (χ3v) is 4.59. The summed E-state index contributed by atoms with van der Waals surface area (Å²) in [6.45, 7) is 4.33. The molecule has 0 radical (unpaired) electrons. The molecule has 0 aliphatic carbocycles. The zero-order valence-electron chi connectivity index (χ0n) is 17.0. The fraction of sp³-hybridized carbons (Fsp3) is 0.545. The standard InChI is InChI=1S/C22H34N4O2/c1-2-24-22(27)25-20-11-13-21(14-12-20)28-18-10-8-6-4-3-5-7-9-16-26-17-15-23-19-26/h11-15,17,19H,2-10,16,18H2,1H3,(H2,24,25,27). The lowest BCUT2D eigenvalue weighted by molar-refractivity contribution is 0.252. The molecule has 6 nitrogen and oxygen atoms in total. The van der Waals surface area contributed by atoms with Crippen molar-refractivity contribution in [3.63, 3.8) is 0 Å². The monoisotopic (exact) mass is 386 g/mol. The normalized spacial score (nSPS) is 10.6. The molecule has 1 heterocycles. The molecule has 1 aromatic heterocycles. The van der Waals surface area contributed by atoms with Crippen LogP contribution in [0.5, 0.6) is 5.75 Å². The second-order valence-electron chi connectivity index (χ2n) is 6.99. The van der Waals surface area contributed by atoms with E-state index in [4.69, 9.17) is 4.74 Å². The van der Waals surface area contributed by atoms with Crippen molar-refractivity contribution in [2.75, 3.05) is 18.5 Å². The Morgan fingerprint density at radius 2 is 1.68 bits per heavy atom. The molecule has 2 N–H and O–H groups in total. The maximum absolute atomic E-state index is 11.5. The number of carbonyl (C=O) groups is 1. The topological polar surface area (TPSA) is 68.2 Å². The minimum absolute atomic E-state index is 0.186. The van der Waals surface area contributed by atoms with E-state index in [1.54, 1.807) is 0 Å². The van der Waals surface area contributed by atoms with Crippen molar-refractivity contribution in [2.24, 2.45) is 0 Å². The lowest BCUT2D eigenvalue weighted by atomic mass is 10.1. The minimum Gasteiger partial charge on any atom is -0.494 e. The number of anilines is 1. The number of hydrogen-bond donors (Lipinski definition) is 2. The molecule has 1 aromatic carbocycles. The van der Waals surface area contributed by atoms with Gasteiger partial charge in [0.1, 0.15) is 5.75 Å². The number of rotatable bonds is 14. The summed E-state index contributed by atoms with van der Waals surface area (Å²) in [5.41, 5.74) is 0.767. The Balaban J connectivity index is 1.41. The lowest BCUT2D eigenvalue weighted by Gasteiger charge is -2.09. The summed E-state index contributed by atoms with van der Waals surface area (Å²) in [5, 5.41) is 5.48. The van der Waals surface area contributed by atoms with Crippen molar-refractivity contribution in [1.29, 1.82) is 0 Å². The number of benzene rings is 1. The molecule has 0 unspecified atom stereocenters. The highest BCUT2D eigenvalue weighted by Gasteiger charge is 2.00. The molecular weight excluding hydrogens is 352 g/mol. The molecule has 6 heteroatoms. The molecular formula is C22H34N4O2. The van der Waals surface area contributed by atoms with Gasteiger partial charge in [0.15, 0.2) is 0 Å². The zero-order valence-corrected chi connectivity index (χ0v) is 17.0. The number of ether oxygens (including phenoxy) is 1. The van der Waals surface area contributed by atoms with Gasteiger partial charge in [-0.2, -0.15) is 0 Å². The van der Waals surface area contributed by atoms with Crippen LogP contribution >= 0.6 is 0 Å². The highest BCUT2D eigenvalue weighted by Crippen LogP contribution is 2.16. The van der Waals surface area contributed by atoms with E-state index in [0.717, 1.165) is 31.0 Å². The Morgan fingerprint density at radius 3 is 2.32 bits per heavy atom. The van der Waals surface area contributed by atoms with Crippen LogP contribution in [-0.4, -0.2) is 28.7 Å². The SMILES string of the molecule is CCNC(=O)Nc1ccc(OCCCCCCCCCCn2ccnc2)cc1. The Morgan fingerprint density at radius 1 is 1.00 bits per heavy atom. The molecule has 0 aliphatic heterocycles. The molecule has 0 atom stereocenters. The molecule has 0 bridgehead atoms. The number of nitrogens with one attached hydrogen (secondary N) is 2. The number of aromatic nitrogens is 2. The first-order chi connectivity index (χ1) is 13.8. The van der Waals surface area contributed by atoms with Crippen LogP contribution in [0.15, 0.2) is 43.0 Å². The summed E-state index contributed by atoms with van der Waals surface area (Å²) in [6, 6.07) is 7.32. The number of aryl methyl sites for hydroxylation is 1. The van der Waals surface area contributed by atoms with Gasteiger partial charge in [-0.05, 0) is 44.0 Å².